The van der Waals surface area contributed by atoms with Gasteiger partial charge in [-0.15, -0.1) is 0 Å². The summed E-state index contributed by atoms with van der Waals surface area (Å²) in [6, 6.07) is 13.8. The van der Waals surface area contributed by atoms with Gasteiger partial charge >= 0.3 is 6.18 Å². The van der Waals surface area contributed by atoms with Crippen molar-refractivity contribution >= 4 is 23.2 Å². The van der Waals surface area contributed by atoms with Gasteiger partial charge in [0, 0.05) is 18.0 Å². The number of halogens is 3. The van der Waals surface area contributed by atoms with Crippen molar-refractivity contribution in [1.29, 1.82) is 0 Å². The highest BCUT2D eigenvalue weighted by Crippen LogP contribution is 2.27. The first-order valence-electron chi connectivity index (χ1n) is 8.71. The third-order valence-electron chi connectivity index (χ3n) is 4.01. The van der Waals surface area contributed by atoms with E-state index in [4.69, 9.17) is 4.74 Å². The predicted octanol–water partition coefficient (Wildman–Crippen LogP) is 3.80. The van der Waals surface area contributed by atoms with E-state index in [9.17, 15) is 22.8 Å². The van der Waals surface area contributed by atoms with Crippen LogP contribution in [0.1, 0.15) is 16.1 Å². The highest BCUT2D eigenvalue weighted by Gasteiger charge is 2.33. The summed E-state index contributed by atoms with van der Waals surface area (Å²) in [5.41, 5.74) is -0.193. The zero-order valence-electron chi connectivity index (χ0n) is 15.7. The Morgan fingerprint density at radius 3 is 2.53 bits per heavy atom. The van der Waals surface area contributed by atoms with Crippen LogP contribution in [-0.2, 0) is 17.5 Å². The second kappa shape index (κ2) is 8.68. The van der Waals surface area contributed by atoms with Crippen LogP contribution >= 0.6 is 0 Å². The molecule has 0 aliphatic heterocycles. The van der Waals surface area contributed by atoms with Gasteiger partial charge in [0.1, 0.15) is 12.3 Å². The van der Waals surface area contributed by atoms with Crippen LogP contribution in [0, 0.1) is 0 Å². The van der Waals surface area contributed by atoms with Crippen molar-refractivity contribution in [3.8, 4) is 5.75 Å². The highest BCUT2D eigenvalue weighted by molar-refractivity contribution is 6.10. The van der Waals surface area contributed by atoms with Crippen LogP contribution in [0.4, 0.5) is 24.5 Å². The molecule has 0 unspecified atom stereocenters. The number of benzene rings is 2. The molecule has 0 aliphatic carbocycles. The van der Waals surface area contributed by atoms with Gasteiger partial charge in [0.05, 0.1) is 18.4 Å². The van der Waals surface area contributed by atoms with Crippen molar-refractivity contribution in [3.05, 3.63) is 72.1 Å². The summed E-state index contributed by atoms with van der Waals surface area (Å²) >= 11 is 0. The number of carbonyl (C=O) groups excluding carboxylic acids is 2. The Hall–Kier alpha value is -3.82. The summed E-state index contributed by atoms with van der Waals surface area (Å²) in [5, 5.41) is 8.57. The van der Waals surface area contributed by atoms with Crippen molar-refractivity contribution in [3.63, 3.8) is 0 Å². The number of nitrogens with one attached hydrogen (secondary N) is 2. The molecule has 2 N–H and O–H groups in total. The zero-order chi connectivity index (χ0) is 21.7. The molecule has 2 aromatic carbocycles. The molecule has 156 valence electrons. The lowest BCUT2D eigenvalue weighted by molar-refractivity contribution is -0.141. The van der Waals surface area contributed by atoms with E-state index in [2.05, 4.69) is 15.7 Å². The minimum Gasteiger partial charge on any atom is -0.497 e. The van der Waals surface area contributed by atoms with E-state index < -0.39 is 30.2 Å². The van der Waals surface area contributed by atoms with Crippen LogP contribution in [0.25, 0.3) is 0 Å². The minimum atomic E-state index is -4.59. The number of amides is 2. The van der Waals surface area contributed by atoms with Gasteiger partial charge in [-0.25, -0.2) is 0 Å². The molecule has 1 aromatic heterocycles. The Morgan fingerprint density at radius 1 is 1.07 bits per heavy atom. The standard InChI is InChI=1S/C20H17F3N4O3/c1-30-14-6-4-5-13(11-14)24-19(29)15-7-2-3-8-16(15)25-18(28)12-27-10-9-17(26-27)20(21,22)23/h2-11H,12H2,1H3,(H,24,29)(H,25,28). The number of rotatable bonds is 6. The number of nitrogens with zero attached hydrogens (tertiary/aromatic N) is 2. The Labute approximate surface area is 169 Å². The summed E-state index contributed by atoms with van der Waals surface area (Å²) in [5.74, 6) is -0.544. The molecule has 30 heavy (non-hydrogen) atoms. The third-order valence-corrected chi connectivity index (χ3v) is 4.01. The van der Waals surface area contributed by atoms with E-state index in [-0.39, 0.29) is 11.3 Å². The Bertz CT molecular complexity index is 1060. The first-order valence-corrected chi connectivity index (χ1v) is 8.71. The smallest absolute Gasteiger partial charge is 0.435 e. The molecule has 3 rings (SSSR count). The van der Waals surface area contributed by atoms with Crippen LogP contribution in [0.5, 0.6) is 5.75 Å². The van der Waals surface area contributed by atoms with E-state index in [0.717, 1.165) is 16.9 Å². The van der Waals surface area contributed by atoms with Gasteiger partial charge in [0.2, 0.25) is 5.91 Å². The lowest BCUT2D eigenvalue weighted by atomic mass is 10.1. The number of para-hydroxylation sites is 1. The number of hydrogen-bond donors (Lipinski definition) is 2. The maximum Gasteiger partial charge on any atom is 0.435 e. The number of carbonyl (C=O) groups is 2. The van der Waals surface area contributed by atoms with Crippen molar-refractivity contribution in [2.45, 2.75) is 12.7 Å². The fraction of sp³-hybridized carbons (Fsp3) is 0.150. The molecule has 3 aromatic rings. The Morgan fingerprint density at radius 2 is 1.83 bits per heavy atom. The predicted molar refractivity (Wildman–Crippen MR) is 103 cm³/mol. The monoisotopic (exact) mass is 418 g/mol. The van der Waals surface area contributed by atoms with E-state index >= 15 is 0 Å². The number of methoxy groups -OCH3 is 1. The van der Waals surface area contributed by atoms with E-state index in [1.54, 1.807) is 36.4 Å². The normalized spacial score (nSPS) is 11.1. The van der Waals surface area contributed by atoms with Gasteiger partial charge in [-0.05, 0) is 30.3 Å². The molecule has 0 aliphatic rings. The molecular formula is C20H17F3N4O3. The zero-order valence-corrected chi connectivity index (χ0v) is 15.7. The first kappa shape index (κ1) is 20.9. The fourth-order valence-electron chi connectivity index (χ4n) is 2.63. The number of hydrogen-bond acceptors (Lipinski definition) is 4. The second-order valence-corrected chi connectivity index (χ2v) is 6.18. The number of anilines is 2. The molecule has 0 saturated heterocycles. The van der Waals surface area contributed by atoms with Crippen molar-refractivity contribution in [2.24, 2.45) is 0 Å². The molecule has 1 heterocycles. The lowest BCUT2D eigenvalue weighted by Gasteiger charge is -2.12. The van der Waals surface area contributed by atoms with Crippen LogP contribution < -0.4 is 15.4 Å². The largest absolute Gasteiger partial charge is 0.497 e. The van der Waals surface area contributed by atoms with E-state index in [0.29, 0.717) is 11.4 Å². The molecule has 2 amide bonds. The number of ether oxygens (including phenoxy) is 1. The number of alkyl halides is 3. The summed E-state index contributed by atoms with van der Waals surface area (Å²) < 4.78 is 43.9. The van der Waals surface area contributed by atoms with E-state index in [1.807, 2.05) is 0 Å². The van der Waals surface area contributed by atoms with Crippen LogP contribution in [0.15, 0.2) is 60.8 Å². The van der Waals surface area contributed by atoms with Gasteiger partial charge < -0.3 is 15.4 Å². The Kier molecular flexibility index (Phi) is 6.05. The quantitative estimate of drug-likeness (QED) is 0.638. The van der Waals surface area contributed by atoms with Crippen LogP contribution in [-0.4, -0.2) is 28.7 Å². The maximum atomic E-state index is 12.6. The molecular weight excluding hydrogens is 401 g/mol. The van der Waals surface area contributed by atoms with Crippen LogP contribution in [0.2, 0.25) is 0 Å². The van der Waals surface area contributed by atoms with Crippen molar-refractivity contribution in [1.82, 2.24) is 9.78 Å². The SMILES string of the molecule is COc1cccc(NC(=O)c2ccccc2NC(=O)Cn2ccc(C(F)(F)F)n2)c1. The summed E-state index contributed by atoms with van der Waals surface area (Å²) in [6.45, 7) is -0.443. The third kappa shape index (κ3) is 5.16. The molecule has 0 fully saturated rings. The summed E-state index contributed by atoms with van der Waals surface area (Å²) in [6.07, 6.45) is -3.53. The van der Waals surface area contributed by atoms with Gasteiger partial charge in [-0.2, -0.15) is 18.3 Å². The summed E-state index contributed by atoms with van der Waals surface area (Å²) in [7, 11) is 1.50. The second-order valence-electron chi connectivity index (χ2n) is 6.18. The molecule has 0 saturated carbocycles. The van der Waals surface area contributed by atoms with E-state index in [1.165, 1.54) is 19.2 Å². The van der Waals surface area contributed by atoms with Gasteiger partial charge in [0.25, 0.3) is 5.91 Å². The Balaban J connectivity index is 1.70. The average Bonchev–Trinajstić information content (AvgIpc) is 3.17. The van der Waals surface area contributed by atoms with Crippen molar-refractivity contribution in [2.75, 3.05) is 17.7 Å². The lowest BCUT2D eigenvalue weighted by Crippen LogP contribution is -2.22. The molecule has 10 heteroatoms. The molecule has 0 bridgehead atoms. The molecule has 0 atom stereocenters. The van der Waals surface area contributed by atoms with Crippen molar-refractivity contribution < 1.29 is 27.5 Å². The first-order chi connectivity index (χ1) is 14.3. The van der Waals surface area contributed by atoms with Gasteiger partial charge in [0.15, 0.2) is 5.69 Å². The average molecular weight is 418 g/mol. The molecule has 7 nitrogen and oxygen atoms in total. The van der Waals surface area contributed by atoms with Gasteiger partial charge in [-0.3, -0.25) is 14.3 Å². The topological polar surface area (TPSA) is 85.3 Å². The molecule has 0 radical (unpaired) electrons. The fourth-order valence-corrected chi connectivity index (χ4v) is 2.63. The maximum absolute atomic E-state index is 12.6. The minimum absolute atomic E-state index is 0.185. The highest BCUT2D eigenvalue weighted by atomic mass is 19.4. The number of aromatic nitrogens is 2. The van der Waals surface area contributed by atoms with Gasteiger partial charge in [-0.1, -0.05) is 18.2 Å². The summed E-state index contributed by atoms with van der Waals surface area (Å²) in [4.78, 5) is 24.9. The van der Waals surface area contributed by atoms with Crippen LogP contribution in [0.3, 0.4) is 0 Å². The molecule has 0 spiro atoms.